The molecule has 2 N–H and O–H groups in total. The number of hydrogen-bond donors (Lipinski definition) is 2. The Morgan fingerprint density at radius 3 is 2.70 bits per heavy atom. The Bertz CT molecular complexity index is 1370. The summed E-state index contributed by atoms with van der Waals surface area (Å²) in [5.74, 6) is -1.07. The second kappa shape index (κ2) is 7.29. The number of hydrogen-bond acceptors (Lipinski definition) is 5. The summed E-state index contributed by atoms with van der Waals surface area (Å²) in [6.45, 7) is 6.10. The number of nitrogens with one attached hydrogen (secondary N) is 1. The Balaban J connectivity index is 1.76. The van der Waals surface area contributed by atoms with E-state index >= 15 is 0 Å². The molecule has 0 spiro atoms. The normalized spacial score (nSPS) is 11.3. The lowest BCUT2D eigenvalue weighted by Crippen LogP contribution is -2.21. The summed E-state index contributed by atoms with van der Waals surface area (Å²) in [6, 6.07) is 7.46. The van der Waals surface area contributed by atoms with E-state index in [1.807, 2.05) is 24.3 Å². The van der Waals surface area contributed by atoms with Crippen LogP contribution in [0.2, 0.25) is 0 Å². The van der Waals surface area contributed by atoms with Crippen LogP contribution >= 0.6 is 0 Å². The molecule has 30 heavy (non-hydrogen) atoms. The lowest BCUT2D eigenvalue weighted by atomic mass is 10.0. The van der Waals surface area contributed by atoms with Gasteiger partial charge in [0.2, 0.25) is 0 Å². The average molecular weight is 405 g/mol. The van der Waals surface area contributed by atoms with Crippen LogP contribution in [0.5, 0.6) is 0 Å². The van der Waals surface area contributed by atoms with Crippen LogP contribution in [-0.4, -0.2) is 36.6 Å². The van der Waals surface area contributed by atoms with Crippen LogP contribution in [0.1, 0.15) is 33.0 Å². The maximum absolute atomic E-state index is 13.0. The first-order valence-electron chi connectivity index (χ1n) is 9.68. The number of benzene rings is 1. The van der Waals surface area contributed by atoms with Crippen LogP contribution in [-0.2, 0) is 13.5 Å². The van der Waals surface area contributed by atoms with Crippen LogP contribution < -0.4 is 10.9 Å². The zero-order valence-electron chi connectivity index (χ0n) is 17.4. The first kappa shape index (κ1) is 19.6. The topological polar surface area (TPSA) is 102 Å². The number of imidazole rings is 1. The van der Waals surface area contributed by atoms with E-state index in [9.17, 15) is 14.7 Å². The van der Waals surface area contributed by atoms with E-state index in [1.165, 1.54) is 0 Å². The summed E-state index contributed by atoms with van der Waals surface area (Å²) in [5, 5.41) is 13.2. The number of carboxylic acid groups (broad SMARTS) is 1. The average Bonchev–Trinajstić information content (AvgIpc) is 3.08. The summed E-state index contributed by atoms with van der Waals surface area (Å²) in [7, 11) is 1.76. The summed E-state index contributed by atoms with van der Waals surface area (Å²) in [6.07, 6.45) is 2.34. The van der Waals surface area contributed by atoms with Gasteiger partial charge in [-0.3, -0.25) is 13.8 Å². The second-order valence-corrected chi connectivity index (χ2v) is 7.54. The van der Waals surface area contributed by atoms with Gasteiger partial charge in [0.15, 0.2) is 5.69 Å². The van der Waals surface area contributed by atoms with Gasteiger partial charge in [-0.25, -0.2) is 14.8 Å². The van der Waals surface area contributed by atoms with E-state index in [0.717, 1.165) is 28.0 Å². The molecule has 0 bridgehead atoms. The number of aryl methyl sites for hydroxylation is 4. The number of carboxylic acids is 1. The number of nitrogens with zero attached hydrogens (tertiary/aromatic N) is 4. The third-order valence-electron chi connectivity index (χ3n) is 5.29. The van der Waals surface area contributed by atoms with E-state index in [2.05, 4.69) is 21.4 Å². The molecule has 154 valence electrons. The van der Waals surface area contributed by atoms with Crippen LogP contribution in [0.15, 0.2) is 35.4 Å². The molecule has 0 saturated heterocycles. The Morgan fingerprint density at radius 1 is 1.20 bits per heavy atom. The summed E-state index contributed by atoms with van der Waals surface area (Å²) in [4.78, 5) is 33.0. The molecule has 8 nitrogen and oxygen atoms in total. The molecule has 4 rings (SSSR count). The molecule has 0 fully saturated rings. The molecule has 0 saturated carbocycles. The van der Waals surface area contributed by atoms with E-state index in [1.54, 1.807) is 37.0 Å². The molecule has 0 radical (unpaired) electrons. The monoisotopic (exact) mass is 405 g/mol. The van der Waals surface area contributed by atoms with Crippen LogP contribution in [0.25, 0.3) is 16.6 Å². The molecular weight excluding hydrogens is 382 g/mol. The molecule has 8 heteroatoms. The van der Waals surface area contributed by atoms with Crippen molar-refractivity contribution in [2.75, 3.05) is 11.9 Å². The van der Waals surface area contributed by atoms with Gasteiger partial charge in [-0.2, -0.15) is 0 Å². The van der Waals surface area contributed by atoms with Crippen LogP contribution in [0.3, 0.4) is 0 Å². The molecule has 0 amide bonds. The fourth-order valence-electron chi connectivity index (χ4n) is 3.96. The number of rotatable bonds is 5. The zero-order chi connectivity index (χ0) is 21.6. The molecule has 0 aliphatic rings. The molecule has 0 unspecified atom stereocenters. The SMILES string of the molecule is Cc1cc(CCNc2ccc(C)nc2C(=O)O)c2c(c1)c(=O)n(C)c1c(C)ncn21. The third-order valence-corrected chi connectivity index (χ3v) is 5.29. The van der Waals surface area contributed by atoms with E-state index in [-0.39, 0.29) is 11.3 Å². The Morgan fingerprint density at radius 2 is 1.97 bits per heavy atom. The lowest BCUT2D eigenvalue weighted by molar-refractivity contribution is 0.0691. The number of aromatic nitrogens is 4. The van der Waals surface area contributed by atoms with Crippen LogP contribution in [0, 0.1) is 20.8 Å². The number of anilines is 1. The molecular formula is C22H23N5O3. The van der Waals surface area contributed by atoms with Gasteiger partial charge in [-0.1, -0.05) is 6.07 Å². The van der Waals surface area contributed by atoms with Gasteiger partial charge in [0.25, 0.3) is 5.56 Å². The highest BCUT2D eigenvalue weighted by atomic mass is 16.4. The smallest absolute Gasteiger partial charge is 0.356 e. The Hall–Kier alpha value is -3.68. The molecule has 3 heterocycles. The highest BCUT2D eigenvalue weighted by Crippen LogP contribution is 2.22. The molecule has 0 atom stereocenters. The van der Waals surface area contributed by atoms with Crippen LogP contribution in [0.4, 0.5) is 5.69 Å². The van der Waals surface area contributed by atoms with Crippen molar-refractivity contribution in [3.63, 3.8) is 0 Å². The standard InChI is InChI=1S/C22H23N5O3/c1-12-9-15(7-8-23-17-6-5-13(2)25-18(17)22(29)30)19-16(10-12)21(28)26(4)20-14(3)24-11-27(19)20/h5-6,9-11,23H,7-8H2,1-4H3,(H,29,30). The van der Waals surface area contributed by atoms with Crippen molar-refractivity contribution >= 4 is 28.2 Å². The number of carbonyl (C=O) groups is 1. The predicted octanol–water partition coefficient (Wildman–Crippen LogP) is 2.86. The largest absolute Gasteiger partial charge is 0.476 e. The van der Waals surface area contributed by atoms with Gasteiger partial charge in [0, 0.05) is 19.3 Å². The zero-order valence-corrected chi connectivity index (χ0v) is 17.4. The van der Waals surface area contributed by atoms with E-state index in [0.29, 0.717) is 29.7 Å². The minimum absolute atomic E-state index is 0.00518. The van der Waals surface area contributed by atoms with Gasteiger partial charge in [-0.05, 0) is 56.5 Å². The highest BCUT2D eigenvalue weighted by molar-refractivity contribution is 5.92. The summed E-state index contributed by atoms with van der Waals surface area (Å²) < 4.78 is 3.58. The number of aromatic carboxylic acids is 1. The highest BCUT2D eigenvalue weighted by Gasteiger charge is 2.16. The Kier molecular flexibility index (Phi) is 4.77. The molecule has 3 aromatic heterocycles. The summed E-state index contributed by atoms with van der Waals surface area (Å²) in [5.41, 5.74) is 5.45. The minimum Gasteiger partial charge on any atom is -0.476 e. The molecule has 0 aliphatic carbocycles. The number of pyridine rings is 1. The van der Waals surface area contributed by atoms with Gasteiger partial charge < -0.3 is 10.4 Å². The number of fused-ring (bicyclic) bond motifs is 3. The maximum Gasteiger partial charge on any atom is 0.356 e. The van der Waals surface area contributed by atoms with Crippen molar-refractivity contribution in [1.29, 1.82) is 0 Å². The van der Waals surface area contributed by atoms with Crippen molar-refractivity contribution in [1.82, 2.24) is 18.9 Å². The van der Waals surface area contributed by atoms with Gasteiger partial charge in [-0.15, -0.1) is 0 Å². The Labute approximate surface area is 172 Å². The fraction of sp³-hybridized carbons (Fsp3) is 0.273. The summed E-state index contributed by atoms with van der Waals surface area (Å²) >= 11 is 0. The lowest BCUT2D eigenvalue weighted by Gasteiger charge is -2.14. The molecule has 1 aromatic carbocycles. The van der Waals surface area contributed by atoms with Crippen molar-refractivity contribution in [3.8, 4) is 0 Å². The van der Waals surface area contributed by atoms with Gasteiger partial charge in [0.05, 0.1) is 22.3 Å². The first-order valence-corrected chi connectivity index (χ1v) is 9.68. The minimum atomic E-state index is -1.07. The molecule has 4 aromatic rings. The fourth-order valence-corrected chi connectivity index (χ4v) is 3.96. The van der Waals surface area contributed by atoms with Crippen molar-refractivity contribution in [3.05, 3.63) is 69.2 Å². The van der Waals surface area contributed by atoms with E-state index in [4.69, 9.17) is 0 Å². The van der Waals surface area contributed by atoms with Crippen molar-refractivity contribution < 1.29 is 9.90 Å². The quantitative estimate of drug-likeness (QED) is 0.529. The van der Waals surface area contributed by atoms with E-state index < -0.39 is 5.97 Å². The first-order chi connectivity index (χ1) is 14.3. The molecule has 0 aliphatic heterocycles. The van der Waals surface area contributed by atoms with Gasteiger partial charge in [0.1, 0.15) is 12.0 Å². The predicted molar refractivity (Wildman–Crippen MR) is 116 cm³/mol. The second-order valence-electron chi connectivity index (χ2n) is 7.54. The van der Waals surface area contributed by atoms with Gasteiger partial charge >= 0.3 is 5.97 Å². The maximum atomic E-state index is 13.0. The van der Waals surface area contributed by atoms with Crippen molar-refractivity contribution in [2.24, 2.45) is 7.05 Å². The van der Waals surface area contributed by atoms with Crippen molar-refractivity contribution in [2.45, 2.75) is 27.2 Å². The third kappa shape index (κ3) is 3.20.